The van der Waals surface area contributed by atoms with Crippen molar-refractivity contribution in [2.24, 2.45) is 0 Å². The molecule has 9 nitrogen and oxygen atoms in total. The number of halogens is 1. The van der Waals surface area contributed by atoms with E-state index in [4.69, 9.17) is 20.0 Å². The molecule has 53 heavy (non-hydrogen) atoms. The average molecular weight is 707 g/mol. The molecule has 5 aromatic carbocycles. The van der Waals surface area contributed by atoms with Gasteiger partial charge in [-0.3, -0.25) is 4.57 Å². The van der Waals surface area contributed by atoms with Crippen LogP contribution < -0.4 is 4.74 Å². The molecule has 1 unspecified atom stereocenters. The van der Waals surface area contributed by atoms with Gasteiger partial charge in [-0.2, -0.15) is 0 Å². The number of aromatic nitrogens is 6. The highest BCUT2D eigenvalue weighted by Gasteiger charge is 2.42. The molecule has 0 radical (unpaired) electrons. The zero-order chi connectivity index (χ0) is 36.8. The van der Waals surface area contributed by atoms with Crippen LogP contribution in [0.4, 0.5) is 4.39 Å². The van der Waals surface area contributed by atoms with Crippen molar-refractivity contribution in [3.05, 3.63) is 185 Å². The Hall–Kier alpha value is -6.42. The van der Waals surface area contributed by atoms with E-state index in [0.717, 1.165) is 28.7 Å². The average Bonchev–Trinajstić information content (AvgIpc) is 3.81. The van der Waals surface area contributed by atoms with Gasteiger partial charge in [0, 0.05) is 12.0 Å². The third-order valence-corrected chi connectivity index (χ3v) is 9.43. The number of benzene rings is 5. The summed E-state index contributed by atoms with van der Waals surface area (Å²) < 4.78 is 25.1. The van der Waals surface area contributed by atoms with Crippen LogP contribution in [0.15, 0.2) is 140 Å². The second-order valence-electron chi connectivity index (χ2n) is 12.7. The van der Waals surface area contributed by atoms with Gasteiger partial charge in [0.2, 0.25) is 5.88 Å². The van der Waals surface area contributed by atoms with Crippen LogP contribution in [-0.2, 0) is 23.2 Å². The van der Waals surface area contributed by atoms with Gasteiger partial charge in [0.1, 0.15) is 22.9 Å². The number of nitrogens with zero attached hydrogens (tertiary/aromatic N) is 6. The number of tetrazole rings is 1. The summed E-state index contributed by atoms with van der Waals surface area (Å²) in [5.41, 5.74) is 4.50. The molecule has 1 N–H and O–H groups in total. The van der Waals surface area contributed by atoms with Crippen LogP contribution in [0, 0.1) is 5.82 Å². The topological polar surface area (TPSA) is 108 Å². The normalized spacial score (nSPS) is 12.1. The number of carbonyl (C=O) groups is 1. The lowest BCUT2D eigenvalue weighted by atomic mass is 9.76. The third-order valence-electron chi connectivity index (χ3n) is 9.43. The number of aliphatic carboxylic acids is 1. The predicted octanol–water partition coefficient (Wildman–Crippen LogP) is 8.13. The summed E-state index contributed by atoms with van der Waals surface area (Å²) >= 11 is 0. The van der Waals surface area contributed by atoms with E-state index >= 15 is 4.39 Å². The fourth-order valence-corrected chi connectivity index (χ4v) is 7.26. The molecule has 0 aliphatic rings. The number of aryl methyl sites for hydroxylation is 2. The molecule has 0 amide bonds. The van der Waals surface area contributed by atoms with Gasteiger partial charge in [0.15, 0.2) is 12.4 Å². The van der Waals surface area contributed by atoms with Crippen LogP contribution in [0.5, 0.6) is 5.88 Å². The van der Waals surface area contributed by atoms with Gasteiger partial charge in [-0.25, -0.2) is 18.9 Å². The maximum atomic E-state index is 15.2. The fourth-order valence-electron chi connectivity index (χ4n) is 7.26. The maximum Gasteiger partial charge on any atom is 0.341 e. The summed E-state index contributed by atoms with van der Waals surface area (Å²) in [6.45, 7) is 3.44. The molecular formula is C43H39FN6O3. The summed E-state index contributed by atoms with van der Waals surface area (Å²) in [7, 11) is 0. The Morgan fingerprint density at radius 3 is 1.98 bits per heavy atom. The summed E-state index contributed by atoms with van der Waals surface area (Å²) in [5.74, 6) is -0.0287. The van der Waals surface area contributed by atoms with E-state index in [1.807, 2.05) is 101 Å². The highest BCUT2D eigenvalue weighted by atomic mass is 19.1. The van der Waals surface area contributed by atoms with Crippen LogP contribution in [0.25, 0.3) is 11.4 Å². The molecular weight excluding hydrogens is 668 g/mol. The van der Waals surface area contributed by atoms with Gasteiger partial charge in [0.25, 0.3) is 0 Å². The molecule has 0 aliphatic carbocycles. The number of hydrogen-bond donors (Lipinski definition) is 1. The standard InChI is InChI=1S/C43H39FN6O3/c1-3-17-38-45-37(4-2)42(53-29-39(51)52)49(38)40(30-18-16-25-34(44)28-30)35-26-14-15-27-36(35)41-46-47-48-50(41)43(31-19-8-5-9-20-31,32-21-10-6-11-22-32)33-23-12-7-13-24-33/h5-16,18-28,40H,3-4,17,29H2,1-2H3,(H,51,52). The van der Waals surface area contributed by atoms with E-state index in [1.165, 1.54) is 12.1 Å². The molecule has 0 bridgehead atoms. The van der Waals surface area contributed by atoms with E-state index in [2.05, 4.69) is 48.5 Å². The molecule has 0 saturated carbocycles. The van der Waals surface area contributed by atoms with Crippen LogP contribution >= 0.6 is 0 Å². The number of ether oxygens (including phenoxy) is 1. The van der Waals surface area contributed by atoms with E-state index < -0.39 is 30.0 Å². The monoisotopic (exact) mass is 706 g/mol. The molecule has 2 heterocycles. The first kappa shape index (κ1) is 35.0. The first-order valence-electron chi connectivity index (χ1n) is 17.7. The van der Waals surface area contributed by atoms with Crippen molar-refractivity contribution in [2.75, 3.05) is 6.61 Å². The second kappa shape index (κ2) is 15.4. The number of carboxylic acids is 1. The molecule has 0 aliphatic heterocycles. The smallest absolute Gasteiger partial charge is 0.341 e. The zero-order valence-corrected chi connectivity index (χ0v) is 29.5. The van der Waals surface area contributed by atoms with Crippen LogP contribution in [0.1, 0.15) is 65.6 Å². The van der Waals surface area contributed by atoms with Gasteiger partial charge >= 0.3 is 5.97 Å². The Labute approximate surface area is 307 Å². The Bertz CT molecular complexity index is 2210. The molecule has 266 valence electrons. The number of hydrogen-bond acceptors (Lipinski definition) is 6. The van der Waals surface area contributed by atoms with Gasteiger partial charge in [-0.05, 0) is 63.2 Å². The summed E-state index contributed by atoms with van der Waals surface area (Å²) in [4.78, 5) is 16.8. The minimum Gasteiger partial charge on any atom is -0.479 e. The lowest BCUT2D eigenvalue weighted by Crippen LogP contribution is -2.39. The van der Waals surface area contributed by atoms with Crippen LogP contribution in [0.2, 0.25) is 0 Å². The lowest BCUT2D eigenvalue weighted by Gasteiger charge is -2.36. The highest BCUT2D eigenvalue weighted by molar-refractivity contribution is 5.68. The van der Waals surface area contributed by atoms with Crippen LogP contribution in [0.3, 0.4) is 0 Å². The maximum absolute atomic E-state index is 15.2. The molecule has 1 atom stereocenters. The van der Waals surface area contributed by atoms with Crippen molar-refractivity contribution in [1.82, 2.24) is 29.8 Å². The first-order valence-corrected chi connectivity index (χ1v) is 17.7. The van der Waals surface area contributed by atoms with E-state index in [-0.39, 0.29) is 0 Å². The molecule has 7 rings (SSSR count). The molecule has 10 heteroatoms. The minimum atomic E-state index is -1.11. The molecule has 0 fully saturated rings. The molecule has 2 aromatic heterocycles. The van der Waals surface area contributed by atoms with E-state index in [1.54, 1.807) is 6.07 Å². The Kier molecular flexibility index (Phi) is 10.2. The Balaban J connectivity index is 1.55. The van der Waals surface area contributed by atoms with Gasteiger partial charge in [-0.15, -0.1) is 5.10 Å². The van der Waals surface area contributed by atoms with Gasteiger partial charge in [-0.1, -0.05) is 141 Å². The van der Waals surface area contributed by atoms with E-state index in [9.17, 15) is 9.90 Å². The molecule has 7 aromatic rings. The van der Waals surface area contributed by atoms with Crippen LogP contribution in [-0.4, -0.2) is 47.4 Å². The quantitative estimate of drug-likeness (QED) is 0.114. The van der Waals surface area contributed by atoms with Crippen molar-refractivity contribution in [3.63, 3.8) is 0 Å². The van der Waals surface area contributed by atoms with E-state index in [0.29, 0.717) is 47.2 Å². The number of imidazole rings is 1. The SMILES string of the molecule is CCCc1nc(CC)c(OCC(=O)O)n1C(c1cccc(F)c1)c1ccccc1-c1nnnn1C(c1ccccc1)(c1ccccc1)c1ccccc1. The second-order valence-corrected chi connectivity index (χ2v) is 12.7. The van der Waals surface area contributed by atoms with Crippen molar-refractivity contribution in [1.29, 1.82) is 0 Å². The number of carboxylic acid groups (broad SMARTS) is 1. The Morgan fingerprint density at radius 2 is 1.42 bits per heavy atom. The summed E-state index contributed by atoms with van der Waals surface area (Å²) in [5, 5.41) is 23.5. The third kappa shape index (κ3) is 6.59. The lowest BCUT2D eigenvalue weighted by molar-refractivity contribution is -0.139. The van der Waals surface area contributed by atoms with Crippen molar-refractivity contribution in [3.8, 4) is 17.3 Å². The fraction of sp³-hybridized carbons (Fsp3) is 0.186. The Morgan fingerprint density at radius 1 is 0.811 bits per heavy atom. The van der Waals surface area contributed by atoms with Crippen molar-refractivity contribution >= 4 is 5.97 Å². The predicted molar refractivity (Wildman–Crippen MR) is 200 cm³/mol. The minimum absolute atomic E-state index is 0.328. The van der Waals surface area contributed by atoms with Gasteiger partial charge in [0.05, 0.1) is 6.04 Å². The number of rotatable bonds is 14. The zero-order valence-electron chi connectivity index (χ0n) is 29.5. The highest BCUT2D eigenvalue weighted by Crippen LogP contribution is 2.44. The summed E-state index contributed by atoms with van der Waals surface area (Å²) in [6.07, 6.45) is 1.85. The summed E-state index contributed by atoms with van der Waals surface area (Å²) in [6, 6.07) is 44.0. The molecule has 0 saturated heterocycles. The molecule has 0 spiro atoms. The van der Waals surface area contributed by atoms with Gasteiger partial charge < -0.3 is 9.84 Å². The largest absolute Gasteiger partial charge is 0.479 e. The first-order chi connectivity index (χ1) is 26.0. The van der Waals surface area contributed by atoms with Crippen molar-refractivity contribution < 1.29 is 19.0 Å². The van der Waals surface area contributed by atoms with Crippen molar-refractivity contribution in [2.45, 2.75) is 44.7 Å².